The monoisotopic (exact) mass is 307 g/mol. The summed E-state index contributed by atoms with van der Waals surface area (Å²) in [4.78, 5) is 14.4. The molecule has 1 unspecified atom stereocenters. The summed E-state index contributed by atoms with van der Waals surface area (Å²) in [6.45, 7) is -0.337. The van der Waals surface area contributed by atoms with Crippen LogP contribution in [0.2, 0.25) is 0 Å². The Balaban J connectivity index is 2.15. The molecule has 0 aliphatic carbocycles. The molecule has 0 aliphatic rings. The maximum atomic E-state index is 12.0. The van der Waals surface area contributed by atoms with E-state index in [0.717, 1.165) is 0 Å². The number of pyridine rings is 1. The van der Waals surface area contributed by atoms with Crippen molar-refractivity contribution in [2.75, 3.05) is 6.54 Å². The molecule has 1 atom stereocenters. The zero-order valence-electron chi connectivity index (χ0n) is 10.9. The first kappa shape index (κ1) is 15.1. The second-order valence-electron chi connectivity index (χ2n) is 4.25. The van der Waals surface area contributed by atoms with Crippen LogP contribution in [0.4, 0.5) is 0 Å². The van der Waals surface area contributed by atoms with E-state index in [1.807, 2.05) is 0 Å². The summed E-state index contributed by atoms with van der Waals surface area (Å²) < 4.78 is 26.3. The average molecular weight is 307 g/mol. The Bertz CT molecular complexity index is 705. The third-order valence-electron chi connectivity index (χ3n) is 2.84. The van der Waals surface area contributed by atoms with Gasteiger partial charge in [-0.3, -0.25) is 15.1 Å². The van der Waals surface area contributed by atoms with Crippen molar-refractivity contribution < 1.29 is 13.3 Å². The molecular weight excluding hydrogens is 294 g/mol. The van der Waals surface area contributed by atoms with Crippen LogP contribution in [0.5, 0.6) is 0 Å². The fourth-order valence-corrected chi connectivity index (χ4v) is 2.82. The maximum absolute atomic E-state index is 12.0. The van der Waals surface area contributed by atoms with E-state index in [0.29, 0.717) is 5.56 Å². The molecule has 1 N–H and O–H groups in total. The van der Waals surface area contributed by atoms with Crippen LogP contribution < -0.4 is 4.72 Å². The van der Waals surface area contributed by atoms with Gasteiger partial charge in [0.2, 0.25) is 10.0 Å². The summed E-state index contributed by atoms with van der Waals surface area (Å²) in [6, 6.07) is 9.63. The van der Waals surface area contributed by atoms with E-state index in [1.54, 1.807) is 24.3 Å². The molecule has 0 saturated heterocycles. The topological polar surface area (TPSA) is 102 Å². The molecule has 1 heterocycles. The van der Waals surface area contributed by atoms with Crippen LogP contribution in [0.15, 0.2) is 59.8 Å². The molecule has 0 amide bonds. The van der Waals surface area contributed by atoms with Gasteiger partial charge in [0.25, 0.3) is 6.04 Å². The lowest BCUT2D eigenvalue weighted by Gasteiger charge is -2.11. The van der Waals surface area contributed by atoms with E-state index >= 15 is 0 Å². The minimum Gasteiger partial charge on any atom is -0.264 e. The second kappa shape index (κ2) is 6.42. The molecule has 0 fully saturated rings. The van der Waals surface area contributed by atoms with Crippen molar-refractivity contribution in [2.24, 2.45) is 0 Å². The van der Waals surface area contributed by atoms with Crippen molar-refractivity contribution in [1.82, 2.24) is 9.71 Å². The predicted octanol–water partition coefficient (Wildman–Crippen LogP) is 1.38. The molecule has 0 spiro atoms. The quantitative estimate of drug-likeness (QED) is 0.641. The molecule has 7 nitrogen and oxygen atoms in total. The number of rotatable bonds is 6. The summed E-state index contributed by atoms with van der Waals surface area (Å²) >= 11 is 0. The van der Waals surface area contributed by atoms with Crippen LogP contribution in [0, 0.1) is 10.1 Å². The van der Waals surface area contributed by atoms with Gasteiger partial charge < -0.3 is 0 Å². The van der Waals surface area contributed by atoms with Gasteiger partial charge in [-0.05, 0) is 24.3 Å². The standard InChI is InChI=1S/C13H13N3O4S/c17-16(18)13(11-5-4-8-14-9-11)10-15-21(19,20)12-6-2-1-3-7-12/h1-9,13,15H,10H2. The Kier molecular flexibility index (Phi) is 4.61. The van der Waals surface area contributed by atoms with Gasteiger partial charge in [0.15, 0.2) is 0 Å². The number of nitrogens with zero attached hydrogens (tertiary/aromatic N) is 2. The molecule has 21 heavy (non-hydrogen) atoms. The Hall–Kier alpha value is -2.32. The zero-order valence-corrected chi connectivity index (χ0v) is 11.7. The van der Waals surface area contributed by atoms with E-state index in [2.05, 4.69) is 9.71 Å². The van der Waals surface area contributed by atoms with E-state index in [-0.39, 0.29) is 11.4 Å². The summed E-state index contributed by atoms with van der Waals surface area (Å²) in [6.07, 6.45) is 2.85. The second-order valence-corrected chi connectivity index (χ2v) is 6.02. The van der Waals surface area contributed by atoms with Gasteiger partial charge in [-0.15, -0.1) is 0 Å². The Morgan fingerprint density at radius 1 is 1.19 bits per heavy atom. The van der Waals surface area contributed by atoms with Crippen molar-refractivity contribution in [2.45, 2.75) is 10.9 Å². The van der Waals surface area contributed by atoms with Crippen molar-refractivity contribution in [1.29, 1.82) is 0 Å². The van der Waals surface area contributed by atoms with Crippen LogP contribution in [-0.4, -0.2) is 24.9 Å². The van der Waals surface area contributed by atoms with Gasteiger partial charge in [-0.1, -0.05) is 18.2 Å². The number of benzene rings is 1. The first-order valence-electron chi connectivity index (χ1n) is 6.09. The largest absolute Gasteiger partial charge is 0.264 e. The summed E-state index contributed by atoms with van der Waals surface area (Å²) in [5, 5.41) is 11.1. The number of hydrogen-bond donors (Lipinski definition) is 1. The molecule has 0 radical (unpaired) electrons. The van der Waals surface area contributed by atoms with Gasteiger partial charge in [0.1, 0.15) is 0 Å². The highest BCUT2D eigenvalue weighted by molar-refractivity contribution is 7.89. The third-order valence-corrected chi connectivity index (χ3v) is 4.28. The minimum atomic E-state index is -3.77. The van der Waals surface area contributed by atoms with Gasteiger partial charge in [0, 0.05) is 22.9 Å². The van der Waals surface area contributed by atoms with Crippen molar-refractivity contribution in [3.8, 4) is 0 Å². The summed E-state index contributed by atoms with van der Waals surface area (Å²) in [7, 11) is -3.77. The Morgan fingerprint density at radius 2 is 1.90 bits per heavy atom. The number of nitro groups is 1. The van der Waals surface area contributed by atoms with Gasteiger partial charge >= 0.3 is 0 Å². The number of nitrogens with one attached hydrogen (secondary N) is 1. The molecule has 2 aromatic rings. The van der Waals surface area contributed by atoms with Crippen molar-refractivity contribution in [3.63, 3.8) is 0 Å². The number of hydrogen-bond acceptors (Lipinski definition) is 5. The Labute approximate surface area is 121 Å². The van der Waals surface area contributed by atoms with E-state index < -0.39 is 21.0 Å². The number of aromatic nitrogens is 1. The molecule has 0 bridgehead atoms. The van der Waals surface area contributed by atoms with Crippen LogP contribution in [0.3, 0.4) is 0 Å². The van der Waals surface area contributed by atoms with Crippen molar-refractivity contribution in [3.05, 3.63) is 70.5 Å². The maximum Gasteiger partial charge on any atom is 0.252 e. The smallest absolute Gasteiger partial charge is 0.252 e. The molecule has 2 rings (SSSR count). The highest BCUT2D eigenvalue weighted by Crippen LogP contribution is 2.15. The molecule has 0 saturated carbocycles. The molecule has 1 aromatic heterocycles. The molecule has 8 heteroatoms. The first-order valence-corrected chi connectivity index (χ1v) is 7.57. The van der Waals surface area contributed by atoms with E-state index in [1.165, 1.54) is 30.6 Å². The SMILES string of the molecule is O=[N+]([O-])C(CNS(=O)(=O)c1ccccc1)c1cccnc1. The van der Waals surface area contributed by atoms with Crippen LogP contribution >= 0.6 is 0 Å². The normalized spacial score (nSPS) is 12.8. The predicted molar refractivity (Wildman–Crippen MR) is 75.6 cm³/mol. The van der Waals surface area contributed by atoms with E-state index in [9.17, 15) is 18.5 Å². The highest BCUT2D eigenvalue weighted by atomic mass is 32.2. The third kappa shape index (κ3) is 3.83. The highest BCUT2D eigenvalue weighted by Gasteiger charge is 2.25. The van der Waals surface area contributed by atoms with Crippen LogP contribution in [-0.2, 0) is 10.0 Å². The van der Waals surface area contributed by atoms with Gasteiger partial charge in [0.05, 0.1) is 11.4 Å². The van der Waals surface area contributed by atoms with Crippen LogP contribution in [0.1, 0.15) is 11.6 Å². The minimum absolute atomic E-state index is 0.0679. The lowest BCUT2D eigenvalue weighted by Crippen LogP contribution is -2.31. The van der Waals surface area contributed by atoms with Crippen LogP contribution in [0.25, 0.3) is 0 Å². The summed E-state index contributed by atoms with van der Waals surface area (Å²) in [5.74, 6) is 0. The zero-order chi connectivity index (χ0) is 15.3. The lowest BCUT2D eigenvalue weighted by molar-refractivity contribution is -0.526. The molecule has 0 aliphatic heterocycles. The fourth-order valence-electron chi connectivity index (χ4n) is 1.76. The number of sulfonamides is 1. The lowest BCUT2D eigenvalue weighted by atomic mass is 10.1. The molecular formula is C13H13N3O4S. The van der Waals surface area contributed by atoms with E-state index in [4.69, 9.17) is 0 Å². The van der Waals surface area contributed by atoms with Crippen molar-refractivity contribution >= 4 is 10.0 Å². The van der Waals surface area contributed by atoms with Gasteiger partial charge in [-0.2, -0.15) is 0 Å². The van der Waals surface area contributed by atoms with Gasteiger partial charge in [-0.25, -0.2) is 13.1 Å². The molecule has 110 valence electrons. The Morgan fingerprint density at radius 3 is 2.48 bits per heavy atom. The summed E-state index contributed by atoms with van der Waals surface area (Å²) in [5.41, 5.74) is 0.346. The first-order chi connectivity index (χ1) is 10.0. The molecule has 1 aromatic carbocycles. The fraction of sp³-hybridized carbons (Fsp3) is 0.154. The average Bonchev–Trinajstić information content (AvgIpc) is 2.49.